The first-order chi connectivity index (χ1) is 10.2. The minimum absolute atomic E-state index is 0.265. The fourth-order valence-corrected chi connectivity index (χ4v) is 3.63. The number of nitrogens with one attached hydrogen (secondary N) is 1. The molecule has 2 aliphatic heterocycles. The zero-order chi connectivity index (χ0) is 14.7. The average molecular weight is 288 g/mol. The van der Waals surface area contributed by atoms with Crippen molar-refractivity contribution in [3.05, 3.63) is 29.8 Å². The number of para-hydroxylation sites is 1. The Kier molecular flexibility index (Phi) is 4.51. The minimum atomic E-state index is 0.265. The van der Waals surface area contributed by atoms with Gasteiger partial charge in [-0.2, -0.15) is 0 Å². The first-order valence-corrected chi connectivity index (χ1v) is 8.39. The number of nitrogens with zero attached hydrogens (tertiary/aromatic N) is 1. The normalized spacial score (nSPS) is 30.3. The first-order valence-electron chi connectivity index (χ1n) is 8.39. The van der Waals surface area contributed by atoms with Crippen LogP contribution in [0.3, 0.4) is 0 Å². The van der Waals surface area contributed by atoms with Crippen LogP contribution in [0.25, 0.3) is 0 Å². The molecule has 0 amide bonds. The molecule has 0 aromatic heterocycles. The summed E-state index contributed by atoms with van der Waals surface area (Å²) >= 11 is 0. The molecule has 0 bridgehead atoms. The molecular weight excluding hydrogens is 260 g/mol. The standard InChI is InChI=1S/C18H28N2O/c1-3-18(2)14-20(11-6-10-19-18)13-15-9-12-21-17-8-5-4-7-16(15)17/h4-5,7-8,15,19H,3,6,9-14H2,1-2H3. The van der Waals surface area contributed by atoms with Gasteiger partial charge in [-0.05, 0) is 50.9 Å². The second-order valence-corrected chi connectivity index (χ2v) is 6.80. The van der Waals surface area contributed by atoms with Gasteiger partial charge in [0.15, 0.2) is 0 Å². The smallest absolute Gasteiger partial charge is 0.122 e. The van der Waals surface area contributed by atoms with Gasteiger partial charge in [0.1, 0.15) is 5.75 Å². The van der Waals surface area contributed by atoms with E-state index in [1.54, 1.807) is 0 Å². The number of fused-ring (bicyclic) bond motifs is 1. The predicted octanol–water partition coefficient (Wildman–Crippen LogP) is 3.02. The molecule has 0 saturated carbocycles. The summed E-state index contributed by atoms with van der Waals surface area (Å²) in [6.07, 6.45) is 3.58. The van der Waals surface area contributed by atoms with E-state index in [0.29, 0.717) is 5.92 Å². The van der Waals surface area contributed by atoms with Crippen LogP contribution in [0, 0.1) is 0 Å². The minimum Gasteiger partial charge on any atom is -0.493 e. The molecule has 1 aromatic rings. The van der Waals surface area contributed by atoms with Crippen LogP contribution in [0.1, 0.15) is 44.6 Å². The van der Waals surface area contributed by atoms with Gasteiger partial charge >= 0.3 is 0 Å². The van der Waals surface area contributed by atoms with E-state index in [9.17, 15) is 0 Å². The van der Waals surface area contributed by atoms with Crippen LogP contribution in [0.15, 0.2) is 24.3 Å². The van der Waals surface area contributed by atoms with E-state index in [0.717, 1.165) is 38.4 Å². The van der Waals surface area contributed by atoms with E-state index in [4.69, 9.17) is 4.74 Å². The van der Waals surface area contributed by atoms with Crippen LogP contribution in [-0.4, -0.2) is 43.2 Å². The third-order valence-corrected chi connectivity index (χ3v) is 5.12. The summed E-state index contributed by atoms with van der Waals surface area (Å²) in [7, 11) is 0. The number of hydrogen-bond acceptors (Lipinski definition) is 3. The van der Waals surface area contributed by atoms with E-state index < -0.39 is 0 Å². The molecule has 0 aliphatic carbocycles. The van der Waals surface area contributed by atoms with Gasteiger partial charge in [0.2, 0.25) is 0 Å². The van der Waals surface area contributed by atoms with Crippen molar-refractivity contribution in [3.8, 4) is 5.75 Å². The highest BCUT2D eigenvalue weighted by atomic mass is 16.5. The molecule has 2 unspecified atom stereocenters. The zero-order valence-electron chi connectivity index (χ0n) is 13.4. The van der Waals surface area contributed by atoms with Crippen LogP contribution in [-0.2, 0) is 0 Å². The molecule has 3 rings (SSSR count). The molecule has 3 heteroatoms. The van der Waals surface area contributed by atoms with E-state index in [1.807, 2.05) is 0 Å². The zero-order valence-corrected chi connectivity index (χ0v) is 13.4. The lowest BCUT2D eigenvalue weighted by Gasteiger charge is -2.35. The SMILES string of the molecule is CCC1(C)CN(CC2CCOc3ccccc32)CCCN1. The molecule has 1 N–H and O–H groups in total. The Labute approximate surface area is 128 Å². The topological polar surface area (TPSA) is 24.5 Å². The highest BCUT2D eigenvalue weighted by molar-refractivity contribution is 5.37. The summed E-state index contributed by atoms with van der Waals surface area (Å²) in [4.78, 5) is 2.66. The summed E-state index contributed by atoms with van der Waals surface area (Å²) in [5.41, 5.74) is 1.67. The van der Waals surface area contributed by atoms with E-state index >= 15 is 0 Å². The summed E-state index contributed by atoms with van der Waals surface area (Å²) in [6, 6.07) is 8.57. The highest BCUT2D eigenvalue weighted by Gasteiger charge is 2.30. The van der Waals surface area contributed by atoms with Crippen molar-refractivity contribution in [1.29, 1.82) is 0 Å². The van der Waals surface area contributed by atoms with Crippen LogP contribution in [0.2, 0.25) is 0 Å². The van der Waals surface area contributed by atoms with Crippen molar-refractivity contribution in [3.63, 3.8) is 0 Å². The largest absolute Gasteiger partial charge is 0.493 e. The Hall–Kier alpha value is -1.06. The maximum absolute atomic E-state index is 5.80. The van der Waals surface area contributed by atoms with Gasteiger partial charge < -0.3 is 15.0 Å². The molecule has 2 heterocycles. The Morgan fingerprint density at radius 3 is 3.10 bits per heavy atom. The Morgan fingerprint density at radius 2 is 2.24 bits per heavy atom. The van der Waals surface area contributed by atoms with Crippen LogP contribution in [0.4, 0.5) is 0 Å². The molecule has 1 aromatic carbocycles. The first kappa shape index (κ1) is 14.9. The lowest BCUT2D eigenvalue weighted by Crippen LogP contribution is -2.49. The van der Waals surface area contributed by atoms with Gasteiger partial charge in [0.25, 0.3) is 0 Å². The van der Waals surface area contributed by atoms with Crippen LogP contribution >= 0.6 is 0 Å². The average Bonchev–Trinajstić information content (AvgIpc) is 2.70. The van der Waals surface area contributed by atoms with Gasteiger partial charge in [0.05, 0.1) is 6.61 Å². The fourth-order valence-electron chi connectivity index (χ4n) is 3.63. The van der Waals surface area contributed by atoms with Gasteiger partial charge in [-0.3, -0.25) is 0 Å². The van der Waals surface area contributed by atoms with Gasteiger partial charge in [-0.15, -0.1) is 0 Å². The van der Waals surface area contributed by atoms with Crippen LogP contribution in [0.5, 0.6) is 5.75 Å². The summed E-state index contributed by atoms with van der Waals surface area (Å²) in [6.45, 7) is 10.2. The fraction of sp³-hybridized carbons (Fsp3) is 0.667. The van der Waals surface area contributed by atoms with Crippen LogP contribution < -0.4 is 10.1 Å². The number of benzene rings is 1. The number of ether oxygens (including phenoxy) is 1. The molecule has 1 saturated heterocycles. The van der Waals surface area contributed by atoms with Crippen molar-refractivity contribution in [1.82, 2.24) is 10.2 Å². The van der Waals surface area contributed by atoms with E-state index in [1.165, 1.54) is 24.9 Å². The maximum Gasteiger partial charge on any atom is 0.122 e. The molecule has 2 atom stereocenters. The summed E-state index contributed by atoms with van der Waals surface area (Å²) in [5, 5.41) is 3.73. The van der Waals surface area contributed by atoms with Gasteiger partial charge in [0, 0.05) is 24.5 Å². The Balaban J connectivity index is 1.71. The lowest BCUT2D eigenvalue weighted by molar-refractivity contribution is 0.183. The maximum atomic E-state index is 5.80. The lowest BCUT2D eigenvalue weighted by atomic mass is 9.91. The van der Waals surface area contributed by atoms with Crippen molar-refractivity contribution < 1.29 is 4.74 Å². The second kappa shape index (κ2) is 6.37. The molecule has 116 valence electrons. The van der Waals surface area contributed by atoms with Crippen molar-refractivity contribution >= 4 is 0 Å². The van der Waals surface area contributed by atoms with E-state index in [2.05, 4.69) is 48.3 Å². The third-order valence-electron chi connectivity index (χ3n) is 5.12. The second-order valence-electron chi connectivity index (χ2n) is 6.80. The number of hydrogen-bond donors (Lipinski definition) is 1. The van der Waals surface area contributed by atoms with Crippen molar-refractivity contribution in [2.75, 3.05) is 32.8 Å². The van der Waals surface area contributed by atoms with Gasteiger partial charge in [-0.25, -0.2) is 0 Å². The van der Waals surface area contributed by atoms with E-state index in [-0.39, 0.29) is 5.54 Å². The van der Waals surface area contributed by atoms with Gasteiger partial charge in [-0.1, -0.05) is 25.1 Å². The van der Waals surface area contributed by atoms with Crippen molar-refractivity contribution in [2.45, 2.75) is 44.6 Å². The number of rotatable bonds is 3. The summed E-state index contributed by atoms with van der Waals surface area (Å²) in [5.74, 6) is 1.72. The third kappa shape index (κ3) is 3.41. The molecular formula is C18H28N2O. The Bertz CT molecular complexity index is 476. The predicted molar refractivity (Wildman–Crippen MR) is 87.1 cm³/mol. The monoisotopic (exact) mass is 288 g/mol. The summed E-state index contributed by atoms with van der Waals surface area (Å²) < 4.78 is 5.80. The quantitative estimate of drug-likeness (QED) is 0.925. The molecule has 21 heavy (non-hydrogen) atoms. The van der Waals surface area contributed by atoms with Crippen molar-refractivity contribution in [2.24, 2.45) is 0 Å². The highest BCUT2D eigenvalue weighted by Crippen LogP contribution is 2.34. The molecule has 0 spiro atoms. The Morgan fingerprint density at radius 1 is 1.38 bits per heavy atom. The molecule has 3 nitrogen and oxygen atoms in total. The molecule has 1 fully saturated rings. The molecule has 2 aliphatic rings. The molecule has 0 radical (unpaired) electrons.